The van der Waals surface area contributed by atoms with E-state index in [-0.39, 0.29) is 5.91 Å². The molecular weight excluding hydrogens is 350 g/mol. The minimum Gasteiger partial charge on any atom is -0.464 e. The summed E-state index contributed by atoms with van der Waals surface area (Å²) in [4.78, 5) is 17.1. The van der Waals surface area contributed by atoms with Gasteiger partial charge in [-0.2, -0.15) is 0 Å². The van der Waals surface area contributed by atoms with Gasteiger partial charge in [0.05, 0.1) is 24.2 Å². The van der Waals surface area contributed by atoms with E-state index in [1.54, 1.807) is 6.26 Å². The monoisotopic (exact) mass is 373 g/mol. The lowest BCUT2D eigenvalue weighted by Gasteiger charge is -2.39. The highest BCUT2D eigenvalue weighted by Crippen LogP contribution is 2.49. The number of para-hydroxylation sites is 2. The molecule has 0 bridgehead atoms. The van der Waals surface area contributed by atoms with Crippen LogP contribution in [0.15, 0.2) is 53.1 Å². The first kappa shape index (κ1) is 16.2. The fourth-order valence-electron chi connectivity index (χ4n) is 5.41. The number of amides is 1. The first-order valence-corrected chi connectivity index (χ1v) is 10.1. The van der Waals surface area contributed by atoms with Crippen LogP contribution in [0.3, 0.4) is 0 Å². The predicted molar refractivity (Wildman–Crippen MR) is 110 cm³/mol. The number of benzene rings is 2. The Bertz CT molecular complexity index is 1070. The summed E-state index contributed by atoms with van der Waals surface area (Å²) in [5.41, 5.74) is 5.96. The van der Waals surface area contributed by atoms with Crippen molar-refractivity contribution in [3.8, 4) is 0 Å². The molecule has 4 heterocycles. The standard InChI is InChI=1S/C23H23N3O2/c27-21-14-26-20-8-11-25(10-7-15-3-1-4-16-9-12-28-23(15)16)13-18(20)17-5-2-6-19(24-21)22(17)26/h1-6,9,12,18,20H,7-8,10-11,13-14H2,(H,24,27)/t18-,20-/m0/s1. The lowest BCUT2D eigenvalue weighted by molar-refractivity contribution is -0.115. The van der Waals surface area contributed by atoms with Crippen molar-refractivity contribution in [2.75, 3.05) is 36.4 Å². The van der Waals surface area contributed by atoms with Gasteiger partial charge in [-0.25, -0.2) is 0 Å². The Balaban J connectivity index is 1.23. The van der Waals surface area contributed by atoms with Crippen molar-refractivity contribution in [1.29, 1.82) is 0 Å². The number of anilines is 2. The molecule has 5 heteroatoms. The topological polar surface area (TPSA) is 48.7 Å². The summed E-state index contributed by atoms with van der Waals surface area (Å²) in [6.45, 7) is 3.66. The summed E-state index contributed by atoms with van der Waals surface area (Å²) in [5, 5.41) is 4.23. The van der Waals surface area contributed by atoms with Gasteiger partial charge >= 0.3 is 0 Å². The number of hydrogen-bond donors (Lipinski definition) is 1. The summed E-state index contributed by atoms with van der Waals surface area (Å²) in [7, 11) is 0. The van der Waals surface area contributed by atoms with E-state index < -0.39 is 0 Å². The van der Waals surface area contributed by atoms with Gasteiger partial charge in [0.1, 0.15) is 5.58 Å². The van der Waals surface area contributed by atoms with E-state index in [1.165, 1.54) is 22.2 Å². The van der Waals surface area contributed by atoms with E-state index in [9.17, 15) is 4.79 Å². The lowest BCUT2D eigenvalue weighted by atomic mass is 9.89. The van der Waals surface area contributed by atoms with Crippen molar-refractivity contribution < 1.29 is 9.21 Å². The maximum absolute atomic E-state index is 12.1. The molecule has 6 rings (SSSR count). The number of fused-ring (bicyclic) bond motifs is 4. The third kappa shape index (κ3) is 2.39. The van der Waals surface area contributed by atoms with Crippen LogP contribution in [0, 0.1) is 0 Å². The molecule has 5 nitrogen and oxygen atoms in total. The Morgan fingerprint density at radius 2 is 2.07 bits per heavy atom. The fourth-order valence-corrected chi connectivity index (χ4v) is 5.41. The maximum atomic E-state index is 12.1. The highest BCUT2D eigenvalue weighted by Gasteiger charge is 2.45. The van der Waals surface area contributed by atoms with Crippen LogP contribution in [0.4, 0.5) is 11.4 Å². The SMILES string of the molecule is O=C1CN2c3c(cccc3[C@@H]3CN(CCc4cccc5ccoc45)CC[C@@H]32)N1. The molecule has 1 N–H and O–H groups in total. The van der Waals surface area contributed by atoms with Crippen molar-refractivity contribution in [3.05, 3.63) is 59.9 Å². The average molecular weight is 373 g/mol. The number of nitrogens with zero attached hydrogens (tertiary/aromatic N) is 2. The third-order valence-electron chi connectivity index (χ3n) is 6.66. The number of carbonyl (C=O) groups is 1. The lowest BCUT2D eigenvalue weighted by Crippen LogP contribution is -2.49. The number of furan rings is 1. The van der Waals surface area contributed by atoms with Gasteiger partial charge in [-0.15, -0.1) is 0 Å². The number of carbonyl (C=O) groups excluding carboxylic acids is 1. The first-order valence-electron chi connectivity index (χ1n) is 10.1. The molecule has 3 aliphatic heterocycles. The van der Waals surface area contributed by atoms with Gasteiger partial charge in [0.15, 0.2) is 0 Å². The number of piperidine rings is 1. The van der Waals surface area contributed by atoms with Crippen molar-refractivity contribution in [3.63, 3.8) is 0 Å². The van der Waals surface area contributed by atoms with Gasteiger partial charge in [0.2, 0.25) is 5.91 Å². The van der Waals surface area contributed by atoms with Gasteiger partial charge < -0.3 is 19.5 Å². The Labute approximate surface area is 163 Å². The molecule has 0 spiro atoms. The van der Waals surface area contributed by atoms with E-state index in [1.807, 2.05) is 12.1 Å². The van der Waals surface area contributed by atoms with Gasteiger partial charge in [-0.1, -0.05) is 30.3 Å². The molecular formula is C23H23N3O2. The number of rotatable bonds is 3. The molecule has 3 aliphatic rings. The number of likely N-dealkylation sites (tertiary alicyclic amines) is 1. The smallest absolute Gasteiger partial charge is 0.243 e. The molecule has 1 aromatic heterocycles. The minimum atomic E-state index is 0.110. The van der Waals surface area contributed by atoms with Crippen LogP contribution >= 0.6 is 0 Å². The van der Waals surface area contributed by atoms with Crippen LogP contribution in [0.2, 0.25) is 0 Å². The molecule has 0 saturated carbocycles. The van der Waals surface area contributed by atoms with E-state index in [0.717, 1.165) is 43.7 Å². The van der Waals surface area contributed by atoms with Crippen LogP contribution < -0.4 is 10.2 Å². The number of nitrogens with one attached hydrogen (secondary N) is 1. The van der Waals surface area contributed by atoms with Crippen LogP contribution in [0.25, 0.3) is 11.0 Å². The van der Waals surface area contributed by atoms with Crippen LogP contribution in [0.5, 0.6) is 0 Å². The van der Waals surface area contributed by atoms with Crippen LogP contribution in [-0.4, -0.2) is 43.0 Å². The fraction of sp³-hybridized carbons (Fsp3) is 0.348. The summed E-state index contributed by atoms with van der Waals surface area (Å²) >= 11 is 0. The van der Waals surface area contributed by atoms with Crippen molar-refractivity contribution >= 4 is 28.3 Å². The summed E-state index contributed by atoms with van der Waals surface area (Å²) < 4.78 is 5.70. The van der Waals surface area contributed by atoms with Crippen LogP contribution in [-0.2, 0) is 11.2 Å². The second-order valence-corrected chi connectivity index (χ2v) is 8.19. The molecule has 1 saturated heterocycles. The molecule has 142 valence electrons. The quantitative estimate of drug-likeness (QED) is 0.762. The zero-order chi connectivity index (χ0) is 18.7. The predicted octanol–water partition coefficient (Wildman–Crippen LogP) is 3.61. The molecule has 1 fully saturated rings. The molecule has 28 heavy (non-hydrogen) atoms. The molecule has 2 aromatic carbocycles. The second-order valence-electron chi connectivity index (χ2n) is 8.19. The Hall–Kier alpha value is -2.79. The van der Waals surface area contributed by atoms with E-state index >= 15 is 0 Å². The third-order valence-corrected chi connectivity index (χ3v) is 6.66. The normalized spacial score (nSPS) is 23.6. The Kier molecular flexibility index (Phi) is 3.53. The van der Waals surface area contributed by atoms with Crippen LogP contribution in [0.1, 0.15) is 23.5 Å². The number of hydrogen-bond acceptors (Lipinski definition) is 4. The van der Waals surface area contributed by atoms with Crippen molar-refractivity contribution in [2.24, 2.45) is 0 Å². The van der Waals surface area contributed by atoms with Crippen molar-refractivity contribution in [1.82, 2.24) is 4.90 Å². The maximum Gasteiger partial charge on any atom is 0.243 e. The molecule has 2 atom stereocenters. The van der Waals surface area contributed by atoms with E-state index in [4.69, 9.17) is 4.42 Å². The Morgan fingerprint density at radius 3 is 3.04 bits per heavy atom. The first-order chi connectivity index (χ1) is 13.8. The molecule has 0 radical (unpaired) electrons. The molecule has 3 aromatic rings. The van der Waals surface area contributed by atoms with Gasteiger partial charge in [-0.05, 0) is 36.1 Å². The largest absolute Gasteiger partial charge is 0.464 e. The van der Waals surface area contributed by atoms with E-state index in [0.29, 0.717) is 18.5 Å². The summed E-state index contributed by atoms with van der Waals surface area (Å²) in [6, 6.07) is 15.2. The van der Waals surface area contributed by atoms with Gasteiger partial charge in [-0.3, -0.25) is 4.79 Å². The Morgan fingerprint density at radius 1 is 1.14 bits per heavy atom. The average Bonchev–Trinajstić information content (AvgIpc) is 3.31. The zero-order valence-corrected chi connectivity index (χ0v) is 15.7. The summed E-state index contributed by atoms with van der Waals surface area (Å²) in [6.07, 6.45) is 3.88. The zero-order valence-electron chi connectivity index (χ0n) is 15.7. The highest BCUT2D eigenvalue weighted by atomic mass is 16.3. The molecule has 0 aliphatic carbocycles. The van der Waals surface area contributed by atoms with Gasteiger partial charge in [0.25, 0.3) is 0 Å². The van der Waals surface area contributed by atoms with E-state index in [2.05, 4.69) is 45.4 Å². The molecule has 1 amide bonds. The molecule has 0 unspecified atom stereocenters. The highest BCUT2D eigenvalue weighted by molar-refractivity contribution is 6.03. The van der Waals surface area contributed by atoms with Gasteiger partial charge in [0, 0.05) is 37.0 Å². The second kappa shape index (κ2) is 6.11. The minimum absolute atomic E-state index is 0.110. The van der Waals surface area contributed by atoms with Crippen molar-refractivity contribution in [2.45, 2.75) is 24.8 Å². The summed E-state index contributed by atoms with van der Waals surface area (Å²) in [5.74, 6) is 0.593.